The van der Waals surface area contributed by atoms with E-state index >= 15 is 0 Å². The molecule has 0 aliphatic carbocycles. The lowest BCUT2D eigenvalue weighted by Gasteiger charge is -1.99. The second kappa shape index (κ2) is 5.84. The average Bonchev–Trinajstić information content (AvgIpc) is 2.95. The number of hydrogen-bond acceptors (Lipinski definition) is 4. The zero-order valence-corrected chi connectivity index (χ0v) is 11.8. The molecule has 0 saturated heterocycles. The molecule has 100 valence electrons. The van der Waals surface area contributed by atoms with Crippen molar-refractivity contribution in [2.75, 3.05) is 5.73 Å². The highest BCUT2D eigenvalue weighted by Crippen LogP contribution is 2.27. The predicted molar refractivity (Wildman–Crippen MR) is 83.6 cm³/mol. The van der Waals surface area contributed by atoms with E-state index in [2.05, 4.69) is 46.4 Å². The molecule has 3 rings (SSSR count). The molecular formula is C16H15N3S. The standard InChI is InChI=1S/C16H15N3S/c17-16-18-11-10-14(19-16)15-9-8-13(20-15)7-6-12-4-2-1-3-5-12/h1-5,8-11H,6-7H2,(H2,17,18,19). The van der Waals surface area contributed by atoms with Crippen LogP contribution in [-0.2, 0) is 12.8 Å². The van der Waals surface area contributed by atoms with Crippen LogP contribution < -0.4 is 5.73 Å². The van der Waals surface area contributed by atoms with Gasteiger partial charge in [-0.3, -0.25) is 0 Å². The molecule has 2 heterocycles. The van der Waals surface area contributed by atoms with E-state index in [0.717, 1.165) is 23.4 Å². The van der Waals surface area contributed by atoms with Gasteiger partial charge in [-0.1, -0.05) is 30.3 Å². The summed E-state index contributed by atoms with van der Waals surface area (Å²) in [6, 6.07) is 16.7. The quantitative estimate of drug-likeness (QED) is 0.795. The van der Waals surface area contributed by atoms with E-state index in [4.69, 9.17) is 5.73 Å². The summed E-state index contributed by atoms with van der Waals surface area (Å²) < 4.78 is 0. The Morgan fingerprint density at radius 3 is 2.60 bits per heavy atom. The minimum atomic E-state index is 0.321. The zero-order chi connectivity index (χ0) is 13.8. The third kappa shape index (κ3) is 3.03. The number of rotatable bonds is 4. The van der Waals surface area contributed by atoms with Crippen LogP contribution in [-0.4, -0.2) is 9.97 Å². The van der Waals surface area contributed by atoms with Crippen molar-refractivity contribution in [1.29, 1.82) is 0 Å². The van der Waals surface area contributed by atoms with Crippen LogP contribution in [0, 0.1) is 0 Å². The molecule has 0 saturated carbocycles. The normalized spacial score (nSPS) is 10.6. The topological polar surface area (TPSA) is 51.8 Å². The number of nitrogen functional groups attached to an aromatic ring is 1. The van der Waals surface area contributed by atoms with Gasteiger partial charge >= 0.3 is 0 Å². The summed E-state index contributed by atoms with van der Waals surface area (Å²) in [6.07, 6.45) is 3.81. The lowest BCUT2D eigenvalue weighted by atomic mass is 10.1. The van der Waals surface area contributed by atoms with E-state index < -0.39 is 0 Å². The van der Waals surface area contributed by atoms with Gasteiger partial charge in [0.1, 0.15) is 0 Å². The molecule has 0 atom stereocenters. The third-order valence-electron chi connectivity index (χ3n) is 3.09. The summed E-state index contributed by atoms with van der Waals surface area (Å²) in [6.45, 7) is 0. The maximum Gasteiger partial charge on any atom is 0.220 e. The van der Waals surface area contributed by atoms with E-state index in [-0.39, 0.29) is 0 Å². The predicted octanol–water partition coefficient (Wildman–Crippen LogP) is 3.57. The molecule has 0 fully saturated rings. The fourth-order valence-corrected chi connectivity index (χ4v) is 3.05. The summed E-state index contributed by atoms with van der Waals surface area (Å²) in [4.78, 5) is 10.7. The molecule has 0 radical (unpaired) electrons. The highest BCUT2D eigenvalue weighted by molar-refractivity contribution is 7.15. The Balaban J connectivity index is 1.71. The van der Waals surface area contributed by atoms with Crippen LogP contribution in [0.15, 0.2) is 54.7 Å². The van der Waals surface area contributed by atoms with E-state index in [1.807, 2.05) is 12.1 Å². The van der Waals surface area contributed by atoms with Crippen molar-refractivity contribution >= 4 is 17.3 Å². The first kappa shape index (κ1) is 12.8. The van der Waals surface area contributed by atoms with Crippen LogP contribution >= 0.6 is 11.3 Å². The number of nitrogens with two attached hydrogens (primary N) is 1. The summed E-state index contributed by atoms with van der Waals surface area (Å²) in [7, 11) is 0. The van der Waals surface area contributed by atoms with Gasteiger partial charge in [-0.05, 0) is 36.6 Å². The molecule has 1 aromatic carbocycles. The maximum absolute atomic E-state index is 5.62. The lowest BCUT2D eigenvalue weighted by molar-refractivity contribution is 0.981. The van der Waals surface area contributed by atoms with Crippen molar-refractivity contribution in [2.45, 2.75) is 12.8 Å². The van der Waals surface area contributed by atoms with Gasteiger partial charge in [-0.25, -0.2) is 9.97 Å². The fourth-order valence-electron chi connectivity index (χ4n) is 2.07. The van der Waals surface area contributed by atoms with Crippen LogP contribution in [0.2, 0.25) is 0 Å². The first-order chi connectivity index (χ1) is 9.81. The fraction of sp³-hybridized carbons (Fsp3) is 0.125. The van der Waals surface area contributed by atoms with Crippen molar-refractivity contribution in [3.63, 3.8) is 0 Å². The first-order valence-electron chi connectivity index (χ1n) is 6.53. The van der Waals surface area contributed by atoms with Crippen LogP contribution in [0.4, 0.5) is 5.95 Å². The number of aryl methyl sites for hydroxylation is 2. The van der Waals surface area contributed by atoms with Crippen molar-refractivity contribution in [2.24, 2.45) is 0 Å². The number of hydrogen-bond donors (Lipinski definition) is 1. The Kier molecular flexibility index (Phi) is 3.74. The number of aromatic nitrogens is 2. The van der Waals surface area contributed by atoms with E-state index in [9.17, 15) is 0 Å². The monoisotopic (exact) mass is 281 g/mol. The summed E-state index contributed by atoms with van der Waals surface area (Å²) in [5.41, 5.74) is 7.89. The number of anilines is 1. The molecule has 2 aromatic heterocycles. The van der Waals surface area contributed by atoms with E-state index in [0.29, 0.717) is 5.95 Å². The second-order valence-corrected chi connectivity index (χ2v) is 5.72. The molecule has 4 heteroatoms. The smallest absolute Gasteiger partial charge is 0.220 e. The molecular weight excluding hydrogens is 266 g/mol. The molecule has 0 amide bonds. The number of thiophene rings is 1. The van der Waals surface area contributed by atoms with Crippen molar-refractivity contribution in [3.05, 3.63) is 65.2 Å². The zero-order valence-electron chi connectivity index (χ0n) is 11.0. The Morgan fingerprint density at radius 1 is 0.950 bits per heavy atom. The van der Waals surface area contributed by atoms with Crippen LogP contribution in [0.3, 0.4) is 0 Å². The van der Waals surface area contributed by atoms with Crippen molar-refractivity contribution in [3.8, 4) is 10.6 Å². The van der Waals surface area contributed by atoms with Gasteiger partial charge in [0.15, 0.2) is 0 Å². The summed E-state index contributed by atoms with van der Waals surface area (Å²) in [5, 5.41) is 0. The van der Waals surface area contributed by atoms with E-state index in [1.165, 1.54) is 10.4 Å². The van der Waals surface area contributed by atoms with E-state index in [1.54, 1.807) is 17.5 Å². The molecule has 0 unspecified atom stereocenters. The Bertz CT molecular complexity index is 692. The molecule has 0 bridgehead atoms. The van der Waals surface area contributed by atoms with Crippen LogP contribution in [0.5, 0.6) is 0 Å². The third-order valence-corrected chi connectivity index (χ3v) is 4.26. The number of benzene rings is 1. The minimum Gasteiger partial charge on any atom is -0.368 e. The Morgan fingerprint density at radius 2 is 1.80 bits per heavy atom. The van der Waals surface area contributed by atoms with Crippen LogP contribution in [0.1, 0.15) is 10.4 Å². The molecule has 3 aromatic rings. The summed E-state index contributed by atoms with van der Waals surface area (Å²) in [5.74, 6) is 0.321. The Hall–Kier alpha value is -2.20. The van der Waals surface area contributed by atoms with Gasteiger partial charge in [0.05, 0.1) is 10.6 Å². The lowest BCUT2D eigenvalue weighted by Crippen LogP contribution is -1.93. The maximum atomic E-state index is 5.62. The highest BCUT2D eigenvalue weighted by atomic mass is 32.1. The molecule has 3 nitrogen and oxygen atoms in total. The first-order valence-corrected chi connectivity index (χ1v) is 7.34. The number of nitrogens with zero attached hydrogens (tertiary/aromatic N) is 2. The molecule has 2 N–H and O–H groups in total. The molecule has 0 aliphatic rings. The highest BCUT2D eigenvalue weighted by Gasteiger charge is 2.05. The molecule has 0 spiro atoms. The van der Waals surface area contributed by atoms with Gasteiger partial charge in [0, 0.05) is 11.1 Å². The average molecular weight is 281 g/mol. The van der Waals surface area contributed by atoms with Gasteiger partial charge in [-0.15, -0.1) is 11.3 Å². The van der Waals surface area contributed by atoms with Gasteiger partial charge in [-0.2, -0.15) is 0 Å². The largest absolute Gasteiger partial charge is 0.368 e. The van der Waals surface area contributed by atoms with Crippen LogP contribution in [0.25, 0.3) is 10.6 Å². The van der Waals surface area contributed by atoms with Gasteiger partial charge in [0.25, 0.3) is 0 Å². The van der Waals surface area contributed by atoms with Crippen molar-refractivity contribution < 1.29 is 0 Å². The molecule has 20 heavy (non-hydrogen) atoms. The van der Waals surface area contributed by atoms with Gasteiger partial charge < -0.3 is 5.73 Å². The second-order valence-electron chi connectivity index (χ2n) is 4.55. The summed E-state index contributed by atoms with van der Waals surface area (Å²) >= 11 is 1.77. The Labute approximate surface area is 122 Å². The van der Waals surface area contributed by atoms with Gasteiger partial charge in [0.2, 0.25) is 5.95 Å². The van der Waals surface area contributed by atoms with Crippen molar-refractivity contribution in [1.82, 2.24) is 9.97 Å². The SMILES string of the molecule is Nc1nccc(-c2ccc(CCc3ccccc3)s2)n1. The molecule has 0 aliphatic heterocycles. The minimum absolute atomic E-state index is 0.321.